The van der Waals surface area contributed by atoms with Crippen molar-refractivity contribution in [1.29, 1.82) is 0 Å². The molecule has 0 aliphatic heterocycles. The Morgan fingerprint density at radius 2 is 2.14 bits per heavy atom. The first-order valence-electron chi connectivity index (χ1n) is 7.15. The maximum atomic E-state index is 13.2. The Balaban J connectivity index is 1.89. The van der Waals surface area contributed by atoms with Gasteiger partial charge in [0.25, 0.3) is 0 Å². The van der Waals surface area contributed by atoms with Gasteiger partial charge in [0.1, 0.15) is 5.82 Å². The zero-order chi connectivity index (χ0) is 14.8. The van der Waals surface area contributed by atoms with Crippen molar-refractivity contribution in [3.8, 4) is 11.4 Å². The predicted octanol–water partition coefficient (Wildman–Crippen LogP) is 3.88. The average molecular weight is 354 g/mol. The molecule has 1 saturated carbocycles. The van der Waals surface area contributed by atoms with Crippen LogP contribution in [0.5, 0.6) is 0 Å². The fraction of sp³-hybridized carbons (Fsp3) is 0.467. The van der Waals surface area contributed by atoms with E-state index in [0.29, 0.717) is 22.2 Å². The molecule has 0 saturated heterocycles. The van der Waals surface area contributed by atoms with Crippen LogP contribution in [0.4, 0.5) is 4.39 Å². The number of benzene rings is 1. The molecule has 0 amide bonds. The normalized spacial score (nSPS) is 22.4. The monoisotopic (exact) mass is 353 g/mol. The molecule has 6 heteroatoms. The largest absolute Gasteiger partial charge is 0.339 e. The third-order valence-electron chi connectivity index (χ3n) is 4.07. The van der Waals surface area contributed by atoms with Crippen LogP contribution in [0.25, 0.3) is 11.4 Å². The number of halogens is 2. The van der Waals surface area contributed by atoms with E-state index in [4.69, 9.17) is 4.52 Å². The summed E-state index contributed by atoms with van der Waals surface area (Å²) in [5, 5.41) is 7.39. The summed E-state index contributed by atoms with van der Waals surface area (Å²) in [5.74, 6) is 1.12. The van der Waals surface area contributed by atoms with E-state index in [2.05, 4.69) is 31.4 Å². The highest BCUT2D eigenvalue weighted by molar-refractivity contribution is 9.10. The maximum absolute atomic E-state index is 13.2. The summed E-state index contributed by atoms with van der Waals surface area (Å²) in [6, 6.07) is 4.84. The van der Waals surface area contributed by atoms with Crippen molar-refractivity contribution in [1.82, 2.24) is 15.5 Å². The Morgan fingerprint density at radius 1 is 1.33 bits per heavy atom. The Kier molecular flexibility index (Phi) is 4.35. The summed E-state index contributed by atoms with van der Waals surface area (Å²) in [5.41, 5.74) is 0.739. The second-order valence-corrected chi connectivity index (χ2v) is 6.22. The highest BCUT2D eigenvalue weighted by atomic mass is 79.9. The van der Waals surface area contributed by atoms with Gasteiger partial charge in [-0.2, -0.15) is 4.98 Å². The molecule has 112 valence electrons. The topological polar surface area (TPSA) is 51.0 Å². The summed E-state index contributed by atoms with van der Waals surface area (Å²) in [4.78, 5) is 4.52. The number of aromatic nitrogens is 2. The number of hydrogen-bond donors (Lipinski definition) is 1. The van der Waals surface area contributed by atoms with Gasteiger partial charge in [-0.25, -0.2) is 4.39 Å². The third-order valence-corrected chi connectivity index (χ3v) is 4.72. The molecule has 0 radical (unpaired) electrons. The first-order valence-corrected chi connectivity index (χ1v) is 7.94. The van der Waals surface area contributed by atoms with Crippen LogP contribution < -0.4 is 5.32 Å². The first kappa shape index (κ1) is 14.7. The van der Waals surface area contributed by atoms with Crippen molar-refractivity contribution in [2.45, 2.75) is 37.6 Å². The van der Waals surface area contributed by atoms with Crippen molar-refractivity contribution in [2.24, 2.45) is 0 Å². The summed E-state index contributed by atoms with van der Waals surface area (Å²) in [6.07, 6.45) is 4.59. The SMILES string of the molecule is CNC1CCCCC1c1nc(-c2ccc(F)cc2Br)no1. The van der Waals surface area contributed by atoms with Gasteiger partial charge in [0.15, 0.2) is 0 Å². The maximum Gasteiger partial charge on any atom is 0.231 e. The van der Waals surface area contributed by atoms with Crippen LogP contribution in [-0.2, 0) is 0 Å². The lowest BCUT2D eigenvalue weighted by Crippen LogP contribution is -2.34. The molecule has 2 atom stereocenters. The minimum atomic E-state index is -0.295. The number of likely N-dealkylation sites (N-methyl/N-ethyl adjacent to an activating group) is 1. The molecular formula is C15H17BrFN3O. The van der Waals surface area contributed by atoms with Crippen molar-refractivity contribution in [3.63, 3.8) is 0 Å². The van der Waals surface area contributed by atoms with E-state index in [1.165, 1.54) is 25.0 Å². The van der Waals surface area contributed by atoms with Gasteiger partial charge >= 0.3 is 0 Å². The van der Waals surface area contributed by atoms with Gasteiger partial charge in [0, 0.05) is 16.1 Å². The van der Waals surface area contributed by atoms with Crippen LogP contribution in [0.2, 0.25) is 0 Å². The minimum Gasteiger partial charge on any atom is -0.339 e. The summed E-state index contributed by atoms with van der Waals surface area (Å²) >= 11 is 3.34. The molecule has 2 unspecified atom stereocenters. The zero-order valence-corrected chi connectivity index (χ0v) is 13.4. The Hall–Kier alpha value is -1.27. The standard InChI is InChI=1S/C15H17BrFN3O/c1-18-13-5-3-2-4-11(13)15-19-14(20-21-15)10-7-6-9(17)8-12(10)16/h6-8,11,13,18H,2-5H2,1H3. The molecule has 21 heavy (non-hydrogen) atoms. The van der Waals surface area contributed by atoms with E-state index in [1.807, 2.05) is 7.05 Å². The highest BCUT2D eigenvalue weighted by Crippen LogP contribution is 2.34. The quantitative estimate of drug-likeness (QED) is 0.909. The van der Waals surface area contributed by atoms with E-state index in [9.17, 15) is 4.39 Å². The molecule has 3 rings (SSSR count). The van der Waals surface area contributed by atoms with Crippen molar-refractivity contribution in [2.75, 3.05) is 7.05 Å². The van der Waals surface area contributed by atoms with Crippen molar-refractivity contribution < 1.29 is 8.91 Å². The van der Waals surface area contributed by atoms with Crippen LogP contribution in [0.3, 0.4) is 0 Å². The number of nitrogens with one attached hydrogen (secondary N) is 1. The summed E-state index contributed by atoms with van der Waals surface area (Å²) < 4.78 is 19.2. The molecule has 1 aromatic carbocycles. The van der Waals surface area contributed by atoms with Crippen LogP contribution >= 0.6 is 15.9 Å². The Morgan fingerprint density at radius 3 is 2.90 bits per heavy atom. The molecule has 0 spiro atoms. The number of rotatable bonds is 3. The zero-order valence-electron chi connectivity index (χ0n) is 11.8. The molecule has 2 aromatic rings. The van der Waals surface area contributed by atoms with Crippen molar-refractivity contribution in [3.05, 3.63) is 34.4 Å². The second-order valence-electron chi connectivity index (χ2n) is 5.37. The Labute approximate surface area is 131 Å². The van der Waals surface area contributed by atoms with Crippen LogP contribution in [0.1, 0.15) is 37.5 Å². The molecule has 1 heterocycles. The van der Waals surface area contributed by atoms with Crippen LogP contribution in [-0.4, -0.2) is 23.2 Å². The van der Waals surface area contributed by atoms with Gasteiger partial charge in [-0.15, -0.1) is 0 Å². The van der Waals surface area contributed by atoms with Gasteiger partial charge in [0.2, 0.25) is 11.7 Å². The lowest BCUT2D eigenvalue weighted by molar-refractivity contribution is 0.270. The van der Waals surface area contributed by atoms with Crippen LogP contribution in [0, 0.1) is 5.82 Å². The van der Waals surface area contributed by atoms with Gasteiger partial charge in [-0.3, -0.25) is 0 Å². The molecule has 1 aliphatic carbocycles. The third kappa shape index (κ3) is 3.01. The molecule has 1 aromatic heterocycles. The molecule has 4 nitrogen and oxygen atoms in total. The van der Waals surface area contributed by atoms with Gasteiger partial charge in [-0.05, 0) is 54.0 Å². The summed E-state index contributed by atoms with van der Waals surface area (Å²) in [7, 11) is 1.97. The van der Waals surface area contributed by atoms with Crippen molar-refractivity contribution >= 4 is 15.9 Å². The molecule has 1 fully saturated rings. The summed E-state index contributed by atoms with van der Waals surface area (Å²) in [6.45, 7) is 0. The van der Waals surface area contributed by atoms with Gasteiger partial charge in [-0.1, -0.05) is 18.0 Å². The smallest absolute Gasteiger partial charge is 0.231 e. The van der Waals surface area contributed by atoms with E-state index in [1.54, 1.807) is 6.07 Å². The molecule has 1 aliphatic rings. The minimum absolute atomic E-state index is 0.254. The Bertz CT molecular complexity index is 631. The lowest BCUT2D eigenvalue weighted by Gasteiger charge is -2.28. The first-order chi connectivity index (χ1) is 10.2. The number of hydrogen-bond acceptors (Lipinski definition) is 4. The van der Waals surface area contributed by atoms with E-state index >= 15 is 0 Å². The molecule has 1 N–H and O–H groups in total. The molecule has 0 bridgehead atoms. The predicted molar refractivity (Wildman–Crippen MR) is 81.4 cm³/mol. The average Bonchev–Trinajstić information content (AvgIpc) is 2.96. The van der Waals surface area contributed by atoms with E-state index in [0.717, 1.165) is 18.4 Å². The fourth-order valence-electron chi connectivity index (χ4n) is 2.94. The van der Waals surface area contributed by atoms with Gasteiger partial charge in [0.05, 0.1) is 5.92 Å². The van der Waals surface area contributed by atoms with Crippen LogP contribution in [0.15, 0.2) is 27.2 Å². The van der Waals surface area contributed by atoms with E-state index in [-0.39, 0.29) is 11.7 Å². The fourth-order valence-corrected chi connectivity index (χ4v) is 3.47. The van der Waals surface area contributed by atoms with E-state index < -0.39 is 0 Å². The number of nitrogens with zero attached hydrogens (tertiary/aromatic N) is 2. The molecular weight excluding hydrogens is 337 g/mol. The second kappa shape index (κ2) is 6.23. The lowest BCUT2D eigenvalue weighted by atomic mass is 9.84. The highest BCUT2D eigenvalue weighted by Gasteiger charge is 2.30. The van der Waals surface area contributed by atoms with Gasteiger partial charge < -0.3 is 9.84 Å².